The van der Waals surface area contributed by atoms with Gasteiger partial charge >= 0.3 is 0 Å². The number of nitrogens with one attached hydrogen (secondary N) is 2. The first-order valence-electron chi connectivity index (χ1n) is 10.3. The summed E-state index contributed by atoms with van der Waals surface area (Å²) in [6, 6.07) is 12.3. The van der Waals surface area contributed by atoms with Crippen molar-refractivity contribution < 1.29 is 13.2 Å². The standard InChI is InChI=1S/C23H28N2O3S/c1-15-10-16(2)23(29(27,28)19-6-4-3-5-7-19)21(11-15)24-14-22(26)25-20-13-17-8-9-18(20)12-17/h3-7,10-11,17-18,20,24H,8-9,12-14H2,1-2H3,(H,25,26). The van der Waals surface area contributed by atoms with Crippen molar-refractivity contribution in [3.8, 4) is 0 Å². The first kappa shape index (κ1) is 20.0. The Labute approximate surface area is 172 Å². The van der Waals surface area contributed by atoms with Gasteiger partial charge in [0.05, 0.1) is 22.0 Å². The molecule has 0 aliphatic heterocycles. The van der Waals surface area contributed by atoms with Gasteiger partial charge in [-0.25, -0.2) is 8.42 Å². The molecule has 1 amide bonds. The number of sulfone groups is 1. The van der Waals surface area contributed by atoms with Gasteiger partial charge < -0.3 is 10.6 Å². The van der Waals surface area contributed by atoms with Crippen molar-refractivity contribution in [2.45, 2.75) is 55.4 Å². The molecule has 2 aliphatic carbocycles. The second kappa shape index (κ2) is 7.82. The largest absolute Gasteiger partial charge is 0.375 e. The van der Waals surface area contributed by atoms with Crippen LogP contribution in [0.15, 0.2) is 52.3 Å². The molecule has 154 valence electrons. The monoisotopic (exact) mass is 412 g/mol. The SMILES string of the molecule is Cc1cc(C)c(S(=O)(=O)c2ccccc2)c(NCC(=O)NC2CC3CCC2C3)c1. The molecule has 2 aromatic carbocycles. The maximum Gasteiger partial charge on any atom is 0.239 e. The van der Waals surface area contributed by atoms with Gasteiger partial charge in [-0.1, -0.05) is 30.7 Å². The summed E-state index contributed by atoms with van der Waals surface area (Å²) in [5.74, 6) is 1.30. The van der Waals surface area contributed by atoms with Crippen LogP contribution >= 0.6 is 0 Å². The van der Waals surface area contributed by atoms with Crippen molar-refractivity contribution in [2.75, 3.05) is 11.9 Å². The summed E-state index contributed by atoms with van der Waals surface area (Å²) in [6.45, 7) is 3.78. The van der Waals surface area contributed by atoms with Gasteiger partial charge in [0, 0.05) is 6.04 Å². The lowest BCUT2D eigenvalue weighted by atomic mass is 9.95. The highest BCUT2D eigenvalue weighted by atomic mass is 32.2. The average Bonchev–Trinajstić information content (AvgIpc) is 3.29. The highest BCUT2D eigenvalue weighted by Gasteiger charge is 2.40. The van der Waals surface area contributed by atoms with Crippen LogP contribution in [0.1, 0.15) is 36.8 Å². The third-order valence-corrected chi connectivity index (χ3v) is 8.24. The van der Waals surface area contributed by atoms with Gasteiger partial charge in [-0.2, -0.15) is 0 Å². The fourth-order valence-corrected chi connectivity index (χ4v) is 6.67. The van der Waals surface area contributed by atoms with E-state index in [9.17, 15) is 13.2 Å². The summed E-state index contributed by atoms with van der Waals surface area (Å²) in [5.41, 5.74) is 2.10. The topological polar surface area (TPSA) is 75.3 Å². The Morgan fingerprint density at radius 1 is 1.07 bits per heavy atom. The lowest BCUT2D eigenvalue weighted by molar-refractivity contribution is -0.120. The van der Waals surface area contributed by atoms with Crippen LogP contribution in [0.4, 0.5) is 5.69 Å². The first-order valence-corrected chi connectivity index (χ1v) is 11.8. The number of benzene rings is 2. The number of fused-ring (bicyclic) bond motifs is 2. The fourth-order valence-electron chi connectivity index (χ4n) is 5.01. The summed E-state index contributed by atoms with van der Waals surface area (Å²) in [7, 11) is -3.69. The molecule has 0 spiro atoms. The zero-order chi connectivity index (χ0) is 20.6. The lowest BCUT2D eigenvalue weighted by Gasteiger charge is -2.23. The van der Waals surface area contributed by atoms with E-state index in [1.807, 2.05) is 13.0 Å². The molecule has 0 aromatic heterocycles. The molecular weight excluding hydrogens is 384 g/mol. The van der Waals surface area contributed by atoms with Crippen LogP contribution in [0, 0.1) is 25.7 Å². The maximum absolute atomic E-state index is 13.3. The minimum Gasteiger partial charge on any atom is -0.375 e. The van der Waals surface area contributed by atoms with Crippen molar-refractivity contribution in [2.24, 2.45) is 11.8 Å². The van der Waals surface area contributed by atoms with E-state index in [0.29, 0.717) is 17.2 Å². The fraction of sp³-hybridized carbons (Fsp3) is 0.435. The minimum absolute atomic E-state index is 0.0636. The number of amides is 1. The van der Waals surface area contributed by atoms with Gasteiger partial charge in [0.15, 0.2) is 0 Å². The minimum atomic E-state index is -3.69. The van der Waals surface area contributed by atoms with Crippen molar-refractivity contribution in [1.82, 2.24) is 5.32 Å². The third kappa shape index (κ3) is 4.04. The van der Waals surface area contributed by atoms with Crippen molar-refractivity contribution in [3.63, 3.8) is 0 Å². The van der Waals surface area contributed by atoms with Crippen LogP contribution in [-0.2, 0) is 14.6 Å². The van der Waals surface area contributed by atoms with E-state index in [0.717, 1.165) is 17.9 Å². The predicted octanol–water partition coefficient (Wildman–Crippen LogP) is 3.85. The molecule has 2 aromatic rings. The van der Waals surface area contributed by atoms with E-state index in [1.165, 1.54) is 19.3 Å². The van der Waals surface area contributed by atoms with Crippen LogP contribution in [0.25, 0.3) is 0 Å². The summed E-state index contributed by atoms with van der Waals surface area (Å²) >= 11 is 0. The summed E-state index contributed by atoms with van der Waals surface area (Å²) in [5, 5.41) is 6.25. The molecule has 3 atom stereocenters. The second-order valence-electron chi connectivity index (χ2n) is 8.48. The first-order chi connectivity index (χ1) is 13.8. The lowest BCUT2D eigenvalue weighted by Crippen LogP contribution is -2.41. The maximum atomic E-state index is 13.3. The molecule has 2 aliphatic rings. The molecule has 5 nitrogen and oxygen atoms in total. The summed E-state index contributed by atoms with van der Waals surface area (Å²) in [4.78, 5) is 13.0. The molecule has 0 heterocycles. The molecular formula is C23H28N2O3S. The Balaban J connectivity index is 1.53. The van der Waals surface area contributed by atoms with E-state index < -0.39 is 9.84 Å². The van der Waals surface area contributed by atoms with Crippen molar-refractivity contribution >= 4 is 21.4 Å². The molecule has 29 heavy (non-hydrogen) atoms. The van der Waals surface area contributed by atoms with Gasteiger partial charge in [0.25, 0.3) is 0 Å². The molecule has 3 unspecified atom stereocenters. The Hall–Kier alpha value is -2.34. The van der Waals surface area contributed by atoms with Gasteiger partial charge in [-0.05, 0) is 74.3 Å². The Kier molecular flexibility index (Phi) is 5.38. The van der Waals surface area contributed by atoms with Crippen molar-refractivity contribution in [1.29, 1.82) is 0 Å². The molecule has 0 saturated heterocycles. The molecule has 2 saturated carbocycles. The quantitative estimate of drug-likeness (QED) is 0.756. The Morgan fingerprint density at radius 3 is 2.48 bits per heavy atom. The van der Waals surface area contributed by atoms with Gasteiger partial charge in [-0.3, -0.25) is 4.79 Å². The highest BCUT2D eigenvalue weighted by Crippen LogP contribution is 2.44. The van der Waals surface area contributed by atoms with Crippen LogP contribution in [0.5, 0.6) is 0 Å². The number of rotatable bonds is 6. The van der Waals surface area contributed by atoms with E-state index >= 15 is 0 Å². The summed E-state index contributed by atoms with van der Waals surface area (Å²) < 4.78 is 26.5. The zero-order valence-corrected chi connectivity index (χ0v) is 17.8. The Morgan fingerprint density at radius 2 is 1.83 bits per heavy atom. The molecule has 2 bridgehead atoms. The summed E-state index contributed by atoms with van der Waals surface area (Å²) in [6.07, 6.45) is 4.81. The number of carbonyl (C=O) groups excluding carboxylic acids is 1. The normalized spacial score (nSPS) is 23.2. The molecule has 6 heteroatoms. The van der Waals surface area contributed by atoms with E-state index in [1.54, 1.807) is 43.3 Å². The molecule has 2 N–H and O–H groups in total. The number of hydrogen-bond donors (Lipinski definition) is 2. The van der Waals surface area contributed by atoms with Gasteiger partial charge in [0.1, 0.15) is 0 Å². The van der Waals surface area contributed by atoms with E-state index in [2.05, 4.69) is 10.6 Å². The highest BCUT2D eigenvalue weighted by molar-refractivity contribution is 7.91. The molecule has 2 fully saturated rings. The number of aryl methyl sites for hydroxylation is 2. The van der Waals surface area contributed by atoms with Crippen LogP contribution < -0.4 is 10.6 Å². The average molecular weight is 413 g/mol. The van der Waals surface area contributed by atoms with Crippen LogP contribution in [-0.4, -0.2) is 26.9 Å². The number of carbonyl (C=O) groups is 1. The third-order valence-electron chi connectivity index (χ3n) is 6.27. The predicted molar refractivity (Wildman–Crippen MR) is 114 cm³/mol. The van der Waals surface area contributed by atoms with E-state index in [-0.39, 0.29) is 28.3 Å². The van der Waals surface area contributed by atoms with Crippen LogP contribution in [0.3, 0.4) is 0 Å². The van der Waals surface area contributed by atoms with Gasteiger partial charge in [-0.15, -0.1) is 0 Å². The Bertz CT molecular complexity index is 1020. The van der Waals surface area contributed by atoms with Crippen LogP contribution in [0.2, 0.25) is 0 Å². The molecule has 4 rings (SSSR count). The van der Waals surface area contributed by atoms with Crippen molar-refractivity contribution in [3.05, 3.63) is 53.6 Å². The molecule has 0 radical (unpaired) electrons. The number of anilines is 1. The zero-order valence-electron chi connectivity index (χ0n) is 16.9. The van der Waals surface area contributed by atoms with E-state index in [4.69, 9.17) is 0 Å². The smallest absolute Gasteiger partial charge is 0.239 e. The van der Waals surface area contributed by atoms with Gasteiger partial charge in [0.2, 0.25) is 15.7 Å². The number of hydrogen-bond acceptors (Lipinski definition) is 4. The second-order valence-corrected chi connectivity index (χ2v) is 10.4.